The lowest BCUT2D eigenvalue weighted by Crippen LogP contribution is -2.32. The molecule has 0 aliphatic rings. The topological polar surface area (TPSA) is 41.1 Å². The number of alkyl halides is 3. The van der Waals surface area contributed by atoms with Crippen molar-refractivity contribution in [3.8, 4) is 0 Å². The number of hydrogen-bond donors (Lipinski definition) is 2. The molecule has 0 fully saturated rings. The third-order valence-corrected chi connectivity index (χ3v) is 3.64. The molecule has 0 saturated carbocycles. The van der Waals surface area contributed by atoms with E-state index in [4.69, 9.17) is 0 Å². The molecule has 0 saturated heterocycles. The maximum atomic E-state index is 12.9. The van der Waals surface area contributed by atoms with Gasteiger partial charge < -0.3 is 10.6 Å². The fraction of sp³-hybridized carbons (Fsp3) is 0.188. The normalized spacial score (nSPS) is 12.6. The molecule has 0 radical (unpaired) electrons. The number of carbonyl (C=O) groups is 1. The van der Waals surface area contributed by atoms with Crippen LogP contribution in [0.2, 0.25) is 0 Å². The summed E-state index contributed by atoms with van der Waals surface area (Å²) in [6.07, 6.45) is -4.52. The van der Waals surface area contributed by atoms with E-state index in [0.29, 0.717) is 5.69 Å². The average molecular weight is 387 g/mol. The SMILES string of the molecule is CC(Nc1ccc(Br)cc1)C(=O)Nc1ccccc1C(F)(F)F. The second kappa shape index (κ2) is 7.04. The fourth-order valence-electron chi connectivity index (χ4n) is 1.94. The highest BCUT2D eigenvalue weighted by atomic mass is 79.9. The number of anilines is 2. The van der Waals surface area contributed by atoms with E-state index >= 15 is 0 Å². The number of hydrogen-bond acceptors (Lipinski definition) is 2. The molecule has 2 aromatic rings. The molecular weight excluding hydrogens is 373 g/mol. The van der Waals surface area contributed by atoms with Gasteiger partial charge in [-0.3, -0.25) is 4.79 Å². The molecule has 0 bridgehead atoms. The Labute approximate surface area is 140 Å². The van der Waals surface area contributed by atoms with Gasteiger partial charge in [-0.2, -0.15) is 13.2 Å². The average Bonchev–Trinajstić information content (AvgIpc) is 2.49. The molecule has 0 heterocycles. The van der Waals surface area contributed by atoms with Gasteiger partial charge in [0.1, 0.15) is 6.04 Å². The molecule has 2 rings (SSSR count). The van der Waals surface area contributed by atoms with Crippen molar-refractivity contribution >= 4 is 33.2 Å². The second-order valence-corrected chi connectivity index (χ2v) is 5.82. The van der Waals surface area contributed by atoms with Crippen molar-refractivity contribution in [1.82, 2.24) is 0 Å². The molecule has 0 aliphatic heterocycles. The Morgan fingerprint density at radius 3 is 2.30 bits per heavy atom. The smallest absolute Gasteiger partial charge is 0.374 e. The molecule has 3 nitrogen and oxygen atoms in total. The highest BCUT2D eigenvalue weighted by Crippen LogP contribution is 2.34. The lowest BCUT2D eigenvalue weighted by Gasteiger charge is -2.18. The van der Waals surface area contributed by atoms with Gasteiger partial charge in [0, 0.05) is 10.2 Å². The minimum atomic E-state index is -4.52. The molecule has 0 aliphatic carbocycles. The zero-order valence-corrected chi connectivity index (χ0v) is 13.7. The molecule has 0 aromatic heterocycles. The van der Waals surface area contributed by atoms with E-state index in [1.165, 1.54) is 18.2 Å². The predicted octanol–water partition coefficient (Wildman–Crippen LogP) is 4.91. The zero-order chi connectivity index (χ0) is 17.0. The van der Waals surface area contributed by atoms with E-state index in [9.17, 15) is 18.0 Å². The first-order chi connectivity index (χ1) is 10.8. The molecule has 2 N–H and O–H groups in total. The summed E-state index contributed by atoms with van der Waals surface area (Å²) in [5.74, 6) is -0.551. The molecule has 122 valence electrons. The summed E-state index contributed by atoms with van der Waals surface area (Å²) in [5, 5.41) is 5.25. The number of amides is 1. The van der Waals surface area contributed by atoms with Crippen LogP contribution in [0, 0.1) is 0 Å². The van der Waals surface area contributed by atoms with Gasteiger partial charge in [0.25, 0.3) is 0 Å². The van der Waals surface area contributed by atoms with Gasteiger partial charge in [-0.25, -0.2) is 0 Å². The van der Waals surface area contributed by atoms with E-state index in [1.807, 2.05) is 0 Å². The minimum Gasteiger partial charge on any atom is -0.374 e. The summed E-state index contributed by atoms with van der Waals surface area (Å²) in [5.41, 5.74) is -0.432. The van der Waals surface area contributed by atoms with Crippen LogP contribution < -0.4 is 10.6 Å². The van der Waals surface area contributed by atoms with Gasteiger partial charge in [0.2, 0.25) is 5.91 Å². The predicted molar refractivity (Wildman–Crippen MR) is 87.3 cm³/mol. The number of para-hydroxylation sites is 1. The number of rotatable bonds is 4. The molecule has 1 atom stereocenters. The number of halogens is 4. The van der Waals surface area contributed by atoms with Crippen LogP contribution in [0.15, 0.2) is 53.0 Å². The van der Waals surface area contributed by atoms with Crippen molar-refractivity contribution in [3.05, 3.63) is 58.6 Å². The van der Waals surface area contributed by atoms with Crippen LogP contribution in [0.4, 0.5) is 24.5 Å². The Kier molecular flexibility index (Phi) is 5.30. The summed E-state index contributed by atoms with van der Waals surface area (Å²) >= 11 is 3.30. The van der Waals surface area contributed by atoms with Crippen LogP contribution in [0.3, 0.4) is 0 Å². The van der Waals surface area contributed by atoms with Crippen LogP contribution in [-0.4, -0.2) is 11.9 Å². The van der Waals surface area contributed by atoms with E-state index < -0.39 is 23.7 Å². The summed E-state index contributed by atoms with van der Waals surface area (Å²) in [6.45, 7) is 1.58. The summed E-state index contributed by atoms with van der Waals surface area (Å²) < 4.78 is 39.6. The molecular formula is C16H14BrF3N2O. The molecule has 1 unspecified atom stereocenters. The van der Waals surface area contributed by atoms with Crippen molar-refractivity contribution in [1.29, 1.82) is 0 Å². The van der Waals surface area contributed by atoms with Gasteiger partial charge in [0.05, 0.1) is 11.3 Å². The van der Waals surface area contributed by atoms with Crippen molar-refractivity contribution in [3.63, 3.8) is 0 Å². The fourth-order valence-corrected chi connectivity index (χ4v) is 2.21. The largest absolute Gasteiger partial charge is 0.418 e. The van der Waals surface area contributed by atoms with Crippen molar-refractivity contribution < 1.29 is 18.0 Å². The second-order valence-electron chi connectivity index (χ2n) is 4.91. The van der Waals surface area contributed by atoms with E-state index in [0.717, 1.165) is 10.5 Å². The van der Waals surface area contributed by atoms with Crippen molar-refractivity contribution in [2.45, 2.75) is 19.1 Å². The maximum Gasteiger partial charge on any atom is 0.418 e. The summed E-state index contributed by atoms with van der Waals surface area (Å²) in [6, 6.07) is 11.3. The highest BCUT2D eigenvalue weighted by molar-refractivity contribution is 9.10. The van der Waals surface area contributed by atoms with Crippen LogP contribution >= 0.6 is 15.9 Å². The van der Waals surface area contributed by atoms with Gasteiger partial charge in [-0.05, 0) is 43.3 Å². The molecule has 1 amide bonds. The summed E-state index contributed by atoms with van der Waals surface area (Å²) in [7, 11) is 0. The Balaban J connectivity index is 2.08. The number of benzene rings is 2. The Morgan fingerprint density at radius 1 is 1.09 bits per heavy atom. The van der Waals surface area contributed by atoms with Crippen LogP contribution in [0.5, 0.6) is 0 Å². The summed E-state index contributed by atoms with van der Waals surface area (Å²) in [4.78, 5) is 12.1. The Morgan fingerprint density at radius 2 is 1.70 bits per heavy atom. The van der Waals surface area contributed by atoms with E-state index in [1.54, 1.807) is 31.2 Å². The third-order valence-electron chi connectivity index (χ3n) is 3.11. The van der Waals surface area contributed by atoms with Gasteiger partial charge in [-0.15, -0.1) is 0 Å². The first kappa shape index (κ1) is 17.3. The standard InChI is InChI=1S/C16H14BrF3N2O/c1-10(21-12-8-6-11(17)7-9-12)15(23)22-14-5-3-2-4-13(14)16(18,19)20/h2-10,21H,1H3,(H,22,23). The van der Waals surface area contributed by atoms with E-state index in [-0.39, 0.29) is 5.69 Å². The van der Waals surface area contributed by atoms with Crippen LogP contribution in [0.1, 0.15) is 12.5 Å². The Hall–Kier alpha value is -2.02. The van der Waals surface area contributed by atoms with Crippen LogP contribution in [0.25, 0.3) is 0 Å². The van der Waals surface area contributed by atoms with Crippen LogP contribution in [-0.2, 0) is 11.0 Å². The molecule has 2 aromatic carbocycles. The first-order valence-electron chi connectivity index (χ1n) is 6.76. The lowest BCUT2D eigenvalue weighted by atomic mass is 10.1. The van der Waals surface area contributed by atoms with Gasteiger partial charge in [-0.1, -0.05) is 28.1 Å². The Bertz CT molecular complexity index is 686. The highest BCUT2D eigenvalue weighted by Gasteiger charge is 2.33. The van der Waals surface area contributed by atoms with Gasteiger partial charge in [0.15, 0.2) is 0 Å². The third kappa shape index (κ3) is 4.72. The van der Waals surface area contributed by atoms with Crippen molar-refractivity contribution in [2.24, 2.45) is 0 Å². The number of carbonyl (C=O) groups excluding carboxylic acids is 1. The molecule has 0 spiro atoms. The number of nitrogens with one attached hydrogen (secondary N) is 2. The minimum absolute atomic E-state index is 0.255. The maximum absolute atomic E-state index is 12.9. The zero-order valence-electron chi connectivity index (χ0n) is 12.1. The monoisotopic (exact) mass is 386 g/mol. The molecule has 23 heavy (non-hydrogen) atoms. The quantitative estimate of drug-likeness (QED) is 0.783. The van der Waals surface area contributed by atoms with Crippen molar-refractivity contribution in [2.75, 3.05) is 10.6 Å². The van der Waals surface area contributed by atoms with E-state index in [2.05, 4.69) is 26.6 Å². The first-order valence-corrected chi connectivity index (χ1v) is 7.56. The molecule has 7 heteroatoms. The lowest BCUT2D eigenvalue weighted by molar-refractivity contribution is -0.137. The van der Waals surface area contributed by atoms with Gasteiger partial charge >= 0.3 is 6.18 Å².